The zero-order valence-corrected chi connectivity index (χ0v) is 15.7. The molecule has 0 unspecified atom stereocenters. The number of carbonyl (C=O) groups excluding carboxylic acids is 1. The Morgan fingerprint density at radius 2 is 1.62 bits per heavy atom. The molecule has 0 fully saturated rings. The third-order valence-electron chi connectivity index (χ3n) is 4.30. The summed E-state index contributed by atoms with van der Waals surface area (Å²) in [5, 5.41) is 37.2. The second-order valence-corrected chi connectivity index (χ2v) is 6.26. The maximum atomic E-state index is 12.7. The maximum Gasteiger partial charge on any atom is 0.196 e. The molecule has 0 aliphatic carbocycles. The number of phenols is 2. The van der Waals surface area contributed by atoms with Crippen LogP contribution in [0.4, 0.5) is 11.4 Å². The van der Waals surface area contributed by atoms with Gasteiger partial charge in [-0.3, -0.25) is 4.79 Å². The number of aliphatic hydroxyl groups is 1. The van der Waals surface area contributed by atoms with Crippen molar-refractivity contribution in [3.8, 4) is 17.2 Å². The van der Waals surface area contributed by atoms with Gasteiger partial charge < -0.3 is 20.1 Å². The molecule has 3 rings (SSSR count). The van der Waals surface area contributed by atoms with Gasteiger partial charge in [0.1, 0.15) is 22.9 Å². The topological polar surface area (TPSA) is 112 Å². The average molecular weight is 392 g/mol. The normalized spacial score (nSPS) is 11.0. The van der Waals surface area contributed by atoms with E-state index in [0.717, 1.165) is 11.6 Å². The number of phenolic OH excluding ortho intramolecular Hbond substituents is 2. The molecule has 0 heterocycles. The van der Waals surface area contributed by atoms with Gasteiger partial charge in [0.15, 0.2) is 5.78 Å². The van der Waals surface area contributed by atoms with Crippen molar-refractivity contribution in [3.05, 3.63) is 77.4 Å². The van der Waals surface area contributed by atoms with Crippen molar-refractivity contribution in [1.29, 1.82) is 0 Å². The number of nitrogens with zero attached hydrogens (tertiary/aromatic N) is 2. The van der Waals surface area contributed by atoms with E-state index in [2.05, 4.69) is 10.2 Å². The van der Waals surface area contributed by atoms with Crippen LogP contribution in [0.5, 0.6) is 17.2 Å². The standard InChI is InChI=1S/C22H20N2O5/c1-29-17-8-4-15(5-9-17)22(28)18-12-19(21(27)13-20(18)26)24-23-16-6-2-14(3-7-16)10-11-25/h2-9,12-13,25-27H,10-11H2,1H3/b24-23+. The Kier molecular flexibility index (Phi) is 6.21. The van der Waals surface area contributed by atoms with Crippen LogP contribution in [0.15, 0.2) is 70.9 Å². The fraction of sp³-hybridized carbons (Fsp3) is 0.136. The van der Waals surface area contributed by atoms with Crippen molar-refractivity contribution < 1.29 is 24.9 Å². The van der Waals surface area contributed by atoms with Crippen molar-refractivity contribution in [2.45, 2.75) is 6.42 Å². The average Bonchev–Trinajstić information content (AvgIpc) is 2.74. The van der Waals surface area contributed by atoms with Crippen molar-refractivity contribution >= 4 is 17.2 Å². The molecular weight excluding hydrogens is 372 g/mol. The molecular formula is C22H20N2O5. The molecule has 3 N–H and O–H groups in total. The summed E-state index contributed by atoms with van der Waals surface area (Å²) < 4.78 is 5.07. The molecule has 7 nitrogen and oxygen atoms in total. The van der Waals surface area contributed by atoms with E-state index in [1.165, 1.54) is 13.2 Å². The van der Waals surface area contributed by atoms with Gasteiger partial charge in [-0.25, -0.2) is 0 Å². The molecule has 0 atom stereocenters. The lowest BCUT2D eigenvalue weighted by molar-refractivity contribution is 0.103. The molecule has 0 saturated heterocycles. The molecule has 0 radical (unpaired) electrons. The minimum Gasteiger partial charge on any atom is -0.507 e. The largest absolute Gasteiger partial charge is 0.507 e. The first-order valence-electron chi connectivity index (χ1n) is 8.88. The van der Waals surface area contributed by atoms with Crippen molar-refractivity contribution in [2.75, 3.05) is 13.7 Å². The maximum absolute atomic E-state index is 12.7. The van der Waals surface area contributed by atoms with Gasteiger partial charge in [0.05, 0.1) is 18.4 Å². The van der Waals surface area contributed by atoms with Gasteiger partial charge in [-0.2, -0.15) is 5.11 Å². The van der Waals surface area contributed by atoms with Crippen LogP contribution >= 0.6 is 0 Å². The number of benzene rings is 3. The molecule has 0 aliphatic rings. The molecule has 3 aromatic carbocycles. The number of ketones is 1. The lowest BCUT2D eigenvalue weighted by Crippen LogP contribution is -2.01. The van der Waals surface area contributed by atoms with Crippen LogP contribution < -0.4 is 4.74 Å². The molecule has 0 bridgehead atoms. The number of methoxy groups -OCH3 is 1. The van der Waals surface area contributed by atoms with Crippen molar-refractivity contribution in [3.63, 3.8) is 0 Å². The quantitative estimate of drug-likeness (QED) is 0.410. The van der Waals surface area contributed by atoms with Crippen molar-refractivity contribution in [2.24, 2.45) is 10.2 Å². The lowest BCUT2D eigenvalue weighted by atomic mass is 10.0. The predicted molar refractivity (Wildman–Crippen MR) is 108 cm³/mol. The molecule has 148 valence electrons. The van der Waals surface area contributed by atoms with Crippen LogP contribution in [0, 0.1) is 0 Å². The summed E-state index contributed by atoms with van der Waals surface area (Å²) in [4.78, 5) is 12.7. The highest BCUT2D eigenvalue weighted by Gasteiger charge is 2.17. The van der Waals surface area contributed by atoms with E-state index in [4.69, 9.17) is 9.84 Å². The Hall–Kier alpha value is -3.71. The number of carbonyl (C=O) groups is 1. The van der Waals surface area contributed by atoms with Crippen LogP contribution in [0.2, 0.25) is 0 Å². The lowest BCUT2D eigenvalue weighted by Gasteiger charge is -2.07. The molecule has 0 spiro atoms. The van der Waals surface area contributed by atoms with E-state index in [1.54, 1.807) is 36.4 Å². The van der Waals surface area contributed by atoms with E-state index < -0.39 is 5.78 Å². The van der Waals surface area contributed by atoms with Gasteiger partial charge in [0.2, 0.25) is 0 Å². The van der Waals surface area contributed by atoms with Gasteiger partial charge in [-0.1, -0.05) is 12.1 Å². The van der Waals surface area contributed by atoms with E-state index in [0.29, 0.717) is 23.4 Å². The molecule has 0 amide bonds. The van der Waals surface area contributed by atoms with Crippen LogP contribution in [0.1, 0.15) is 21.5 Å². The smallest absolute Gasteiger partial charge is 0.196 e. The first-order valence-corrected chi connectivity index (χ1v) is 8.88. The molecule has 0 aromatic heterocycles. The van der Waals surface area contributed by atoms with Crippen LogP contribution in [-0.2, 0) is 6.42 Å². The number of azo groups is 1. The van der Waals surface area contributed by atoms with Crippen LogP contribution in [0.25, 0.3) is 0 Å². The second-order valence-electron chi connectivity index (χ2n) is 6.26. The molecule has 3 aromatic rings. The van der Waals surface area contributed by atoms with Gasteiger partial charge in [0.25, 0.3) is 0 Å². The zero-order valence-electron chi connectivity index (χ0n) is 15.7. The zero-order chi connectivity index (χ0) is 20.8. The van der Waals surface area contributed by atoms with Gasteiger partial charge in [-0.05, 0) is 54.4 Å². The number of aromatic hydroxyl groups is 2. The third kappa shape index (κ3) is 4.77. The summed E-state index contributed by atoms with van der Waals surface area (Å²) in [6, 6.07) is 15.9. The Morgan fingerprint density at radius 1 is 0.931 bits per heavy atom. The number of aliphatic hydroxyl groups excluding tert-OH is 1. The fourth-order valence-electron chi connectivity index (χ4n) is 2.70. The minimum absolute atomic E-state index is 0.000195. The van der Waals surface area contributed by atoms with E-state index in [9.17, 15) is 15.0 Å². The number of hydrogen-bond acceptors (Lipinski definition) is 7. The number of rotatable bonds is 7. The summed E-state index contributed by atoms with van der Waals surface area (Å²) in [6.07, 6.45) is 0.549. The second kappa shape index (κ2) is 8.99. The monoisotopic (exact) mass is 392 g/mol. The molecule has 29 heavy (non-hydrogen) atoms. The predicted octanol–water partition coefficient (Wildman–Crippen LogP) is 4.29. The fourth-order valence-corrected chi connectivity index (χ4v) is 2.70. The van der Waals surface area contributed by atoms with Gasteiger partial charge in [0, 0.05) is 18.2 Å². The summed E-state index contributed by atoms with van der Waals surface area (Å²) in [6.45, 7) is 0.0627. The molecule has 0 aliphatic heterocycles. The Bertz CT molecular complexity index is 1030. The first kappa shape index (κ1) is 20.0. The Balaban J connectivity index is 1.87. The minimum atomic E-state index is -0.421. The highest BCUT2D eigenvalue weighted by molar-refractivity contribution is 6.11. The molecule has 0 saturated carbocycles. The van der Waals surface area contributed by atoms with Gasteiger partial charge >= 0.3 is 0 Å². The van der Waals surface area contributed by atoms with Crippen LogP contribution in [-0.4, -0.2) is 34.8 Å². The summed E-state index contributed by atoms with van der Waals surface area (Å²) in [5.74, 6) is -0.462. The highest BCUT2D eigenvalue weighted by atomic mass is 16.5. The third-order valence-corrected chi connectivity index (χ3v) is 4.30. The SMILES string of the molecule is COc1ccc(C(=O)c2cc(/N=N/c3ccc(CCO)cc3)c(O)cc2O)cc1. The number of ether oxygens (including phenoxy) is 1. The Labute approximate surface area is 167 Å². The summed E-state index contributed by atoms with van der Waals surface area (Å²) >= 11 is 0. The first-order chi connectivity index (χ1) is 14.0. The highest BCUT2D eigenvalue weighted by Crippen LogP contribution is 2.35. The van der Waals surface area contributed by atoms with Crippen LogP contribution in [0.3, 0.4) is 0 Å². The Morgan fingerprint density at radius 3 is 2.24 bits per heavy atom. The van der Waals surface area contributed by atoms with E-state index in [-0.39, 0.29) is 29.4 Å². The summed E-state index contributed by atoms with van der Waals surface area (Å²) in [5.41, 5.74) is 1.92. The van der Waals surface area contributed by atoms with E-state index in [1.807, 2.05) is 12.1 Å². The van der Waals surface area contributed by atoms with E-state index >= 15 is 0 Å². The van der Waals surface area contributed by atoms with Crippen molar-refractivity contribution in [1.82, 2.24) is 0 Å². The number of hydrogen-bond donors (Lipinski definition) is 3. The molecule has 7 heteroatoms. The summed E-state index contributed by atoms with van der Waals surface area (Å²) in [7, 11) is 1.53. The van der Waals surface area contributed by atoms with Gasteiger partial charge in [-0.15, -0.1) is 5.11 Å².